The molecule has 3 rings (SSSR count). The van der Waals surface area contributed by atoms with E-state index in [1.165, 1.54) is 26.4 Å². The molecule has 3 aromatic rings. The topological polar surface area (TPSA) is 81.7 Å². The number of nitrogens with one attached hydrogen (secondary N) is 1. The molecule has 0 amide bonds. The van der Waals surface area contributed by atoms with Gasteiger partial charge in [-0.15, -0.1) is 0 Å². The van der Waals surface area contributed by atoms with Crippen LogP contribution in [-0.4, -0.2) is 28.6 Å². The number of rotatable bonds is 5. The summed E-state index contributed by atoms with van der Waals surface area (Å²) < 4.78 is 39.0. The zero-order valence-electron chi connectivity index (χ0n) is 14.5. The van der Waals surface area contributed by atoms with Crippen molar-refractivity contribution in [3.05, 3.63) is 64.6 Å². The van der Waals surface area contributed by atoms with E-state index in [4.69, 9.17) is 9.47 Å². The molecule has 0 aliphatic carbocycles. The highest BCUT2D eigenvalue weighted by molar-refractivity contribution is 9.10. The molecule has 0 saturated heterocycles. The number of esters is 1. The van der Waals surface area contributed by atoms with Gasteiger partial charge < -0.3 is 9.47 Å². The van der Waals surface area contributed by atoms with E-state index in [2.05, 4.69) is 20.7 Å². The fraction of sp³-hybridized carbons (Fsp3) is 0.105. The van der Waals surface area contributed by atoms with E-state index in [0.29, 0.717) is 21.0 Å². The molecule has 0 spiro atoms. The molecule has 0 fully saturated rings. The Morgan fingerprint density at radius 2 is 1.70 bits per heavy atom. The van der Waals surface area contributed by atoms with Gasteiger partial charge in [-0.1, -0.05) is 24.3 Å². The van der Waals surface area contributed by atoms with Crippen LogP contribution in [0, 0.1) is 0 Å². The van der Waals surface area contributed by atoms with Crippen LogP contribution in [0.2, 0.25) is 0 Å². The molecule has 8 heteroatoms. The lowest BCUT2D eigenvalue weighted by molar-refractivity contribution is 0.0599. The summed E-state index contributed by atoms with van der Waals surface area (Å²) in [7, 11) is -1.11. The Morgan fingerprint density at radius 3 is 2.37 bits per heavy atom. The molecule has 0 bridgehead atoms. The molecule has 0 aromatic heterocycles. The van der Waals surface area contributed by atoms with Crippen molar-refractivity contribution in [2.45, 2.75) is 4.90 Å². The van der Waals surface area contributed by atoms with Crippen LogP contribution in [-0.2, 0) is 14.8 Å². The third-order valence-corrected chi connectivity index (χ3v) is 6.11. The lowest BCUT2D eigenvalue weighted by atomic mass is 10.1. The Kier molecular flexibility index (Phi) is 5.38. The molecule has 0 unspecified atom stereocenters. The molecule has 140 valence electrons. The molecule has 27 heavy (non-hydrogen) atoms. The van der Waals surface area contributed by atoms with Crippen molar-refractivity contribution in [2.75, 3.05) is 18.9 Å². The number of methoxy groups -OCH3 is 2. The number of fused-ring (bicyclic) bond motifs is 1. The van der Waals surface area contributed by atoms with Crippen LogP contribution < -0.4 is 9.46 Å². The van der Waals surface area contributed by atoms with Crippen LogP contribution in [0.1, 0.15) is 10.4 Å². The van der Waals surface area contributed by atoms with Crippen molar-refractivity contribution < 1.29 is 22.7 Å². The molecule has 3 aromatic carbocycles. The predicted octanol–water partition coefficient (Wildman–Crippen LogP) is 4.20. The van der Waals surface area contributed by atoms with Crippen LogP contribution in [0.3, 0.4) is 0 Å². The summed E-state index contributed by atoms with van der Waals surface area (Å²) in [6, 6.07) is 14.7. The van der Waals surface area contributed by atoms with Gasteiger partial charge in [0.1, 0.15) is 5.75 Å². The second-order valence-electron chi connectivity index (χ2n) is 5.60. The average Bonchev–Trinajstić information content (AvgIpc) is 2.67. The van der Waals surface area contributed by atoms with Crippen LogP contribution in [0.25, 0.3) is 10.8 Å². The number of hydrogen-bond acceptors (Lipinski definition) is 5. The highest BCUT2D eigenvalue weighted by Gasteiger charge is 2.20. The lowest BCUT2D eigenvalue weighted by Crippen LogP contribution is -2.14. The largest absolute Gasteiger partial charge is 0.496 e. The van der Waals surface area contributed by atoms with Gasteiger partial charge in [-0.2, -0.15) is 0 Å². The Balaban J connectivity index is 2.06. The number of carbonyl (C=O) groups is 1. The fourth-order valence-corrected chi connectivity index (χ4v) is 4.39. The van der Waals surface area contributed by atoms with Gasteiger partial charge in [-0.3, -0.25) is 4.72 Å². The van der Waals surface area contributed by atoms with Gasteiger partial charge in [0.2, 0.25) is 0 Å². The maximum Gasteiger partial charge on any atom is 0.339 e. The molecule has 0 aliphatic heterocycles. The first kappa shape index (κ1) is 19.2. The first-order valence-corrected chi connectivity index (χ1v) is 10.1. The number of sulfonamides is 1. The zero-order valence-corrected chi connectivity index (χ0v) is 16.9. The van der Waals surface area contributed by atoms with Gasteiger partial charge in [0, 0.05) is 20.9 Å². The van der Waals surface area contributed by atoms with E-state index in [9.17, 15) is 13.2 Å². The van der Waals surface area contributed by atoms with E-state index >= 15 is 0 Å². The number of anilines is 1. The van der Waals surface area contributed by atoms with Crippen molar-refractivity contribution in [1.82, 2.24) is 0 Å². The minimum atomic E-state index is -3.90. The maximum absolute atomic E-state index is 13.0. The summed E-state index contributed by atoms with van der Waals surface area (Å²) in [5, 5.41) is 1.23. The SMILES string of the molecule is COC(=O)c1cc(NS(=O)(=O)c2ccc(OC)c3ccccc23)ccc1Br. The molecule has 0 radical (unpaired) electrons. The maximum atomic E-state index is 13.0. The fourth-order valence-electron chi connectivity index (χ4n) is 2.72. The van der Waals surface area contributed by atoms with Crippen molar-refractivity contribution in [3.63, 3.8) is 0 Å². The number of hydrogen-bond donors (Lipinski definition) is 1. The number of carbonyl (C=O) groups excluding carboxylic acids is 1. The van der Waals surface area contributed by atoms with Crippen molar-refractivity contribution in [3.8, 4) is 5.75 Å². The highest BCUT2D eigenvalue weighted by Crippen LogP contribution is 2.32. The van der Waals surface area contributed by atoms with Gasteiger partial charge in [0.15, 0.2) is 0 Å². The van der Waals surface area contributed by atoms with Crippen LogP contribution in [0.5, 0.6) is 5.75 Å². The first-order chi connectivity index (χ1) is 12.9. The molecule has 1 N–H and O–H groups in total. The van der Waals surface area contributed by atoms with Crippen LogP contribution >= 0.6 is 15.9 Å². The molecular formula is C19H16BrNO5S. The minimum absolute atomic E-state index is 0.112. The van der Waals surface area contributed by atoms with Crippen molar-refractivity contribution in [1.29, 1.82) is 0 Å². The van der Waals surface area contributed by atoms with E-state index in [0.717, 1.165) is 0 Å². The molecule has 0 saturated carbocycles. The van der Waals surface area contributed by atoms with Crippen molar-refractivity contribution in [2.24, 2.45) is 0 Å². The normalized spacial score (nSPS) is 11.2. The summed E-state index contributed by atoms with van der Waals surface area (Å²) in [5.74, 6) is 0.0130. The lowest BCUT2D eigenvalue weighted by Gasteiger charge is -2.13. The van der Waals surface area contributed by atoms with E-state index in [-0.39, 0.29) is 16.1 Å². The smallest absolute Gasteiger partial charge is 0.339 e. The number of benzene rings is 3. The summed E-state index contributed by atoms with van der Waals surface area (Å²) in [6.07, 6.45) is 0. The molecule has 0 atom stereocenters. The van der Waals surface area contributed by atoms with E-state index < -0.39 is 16.0 Å². The standard InChI is InChI=1S/C19H16BrNO5S/c1-25-17-9-10-18(14-6-4-3-5-13(14)17)27(23,24)21-12-7-8-16(20)15(11-12)19(22)26-2/h3-11,21H,1-2H3. The average molecular weight is 450 g/mol. The quantitative estimate of drug-likeness (QED) is 0.590. The summed E-state index contributed by atoms with van der Waals surface area (Å²) >= 11 is 3.25. The van der Waals surface area contributed by atoms with Gasteiger partial charge in [0.05, 0.1) is 24.7 Å². The first-order valence-electron chi connectivity index (χ1n) is 7.84. The Morgan fingerprint density at radius 1 is 1.00 bits per heavy atom. The summed E-state index contributed by atoms with van der Waals surface area (Å²) in [4.78, 5) is 11.9. The van der Waals surface area contributed by atoms with Gasteiger partial charge in [-0.05, 0) is 46.3 Å². The van der Waals surface area contributed by atoms with Gasteiger partial charge in [0.25, 0.3) is 10.0 Å². The minimum Gasteiger partial charge on any atom is -0.496 e. The Bertz CT molecular complexity index is 1130. The molecular weight excluding hydrogens is 434 g/mol. The molecule has 6 nitrogen and oxygen atoms in total. The third kappa shape index (κ3) is 3.77. The monoisotopic (exact) mass is 449 g/mol. The number of halogens is 1. The zero-order chi connectivity index (χ0) is 19.6. The molecule has 0 aliphatic rings. The van der Waals surface area contributed by atoms with E-state index in [1.54, 1.807) is 36.4 Å². The predicted molar refractivity (Wildman–Crippen MR) is 107 cm³/mol. The van der Waals surface area contributed by atoms with Gasteiger partial charge >= 0.3 is 5.97 Å². The summed E-state index contributed by atoms with van der Waals surface area (Å²) in [6.45, 7) is 0. The van der Waals surface area contributed by atoms with Crippen molar-refractivity contribution >= 4 is 48.4 Å². The molecule has 0 heterocycles. The van der Waals surface area contributed by atoms with Crippen LogP contribution in [0.15, 0.2) is 64.0 Å². The number of ether oxygens (including phenoxy) is 2. The Labute approximate surface area is 165 Å². The van der Waals surface area contributed by atoms with Crippen LogP contribution in [0.4, 0.5) is 5.69 Å². The Hall–Kier alpha value is -2.58. The summed E-state index contributed by atoms with van der Waals surface area (Å²) in [5.41, 5.74) is 0.468. The second kappa shape index (κ2) is 7.58. The van der Waals surface area contributed by atoms with Gasteiger partial charge in [-0.25, -0.2) is 13.2 Å². The third-order valence-electron chi connectivity index (χ3n) is 3.98. The second-order valence-corrected chi connectivity index (χ2v) is 8.11. The van der Waals surface area contributed by atoms with E-state index in [1.807, 2.05) is 6.07 Å². The highest BCUT2D eigenvalue weighted by atomic mass is 79.9.